The van der Waals surface area contributed by atoms with Gasteiger partial charge in [0.05, 0.1) is 31.3 Å². The molecule has 36 heavy (non-hydrogen) atoms. The molecule has 0 bridgehead atoms. The molecule has 204 valence electrons. The first kappa shape index (κ1) is 26.7. The van der Waals surface area contributed by atoms with Gasteiger partial charge in [-0.3, -0.25) is 4.79 Å². The van der Waals surface area contributed by atoms with Crippen molar-refractivity contribution in [2.75, 3.05) is 13.7 Å². The van der Waals surface area contributed by atoms with Crippen molar-refractivity contribution < 1.29 is 24.9 Å². The summed E-state index contributed by atoms with van der Waals surface area (Å²) in [7, 11) is 1.44. The fraction of sp³-hybridized carbons (Fsp3) is 0.903. The summed E-state index contributed by atoms with van der Waals surface area (Å²) in [5, 5.41) is 32.6. The maximum atomic E-state index is 13.8. The number of hydrogen-bond donors (Lipinski definition) is 3. The molecular formula is C31H50O5. The van der Waals surface area contributed by atoms with Gasteiger partial charge in [0.15, 0.2) is 0 Å². The summed E-state index contributed by atoms with van der Waals surface area (Å²) < 4.78 is 5.49. The standard InChI is InChI=1S/C31H50O5/c1-18(2)19-8-10-23-27(19,3)14-15-29(5)20-9-11-24-28(4,17-32)25(34)22(33)16-31(24,26(35)36-7)21(20)12-13-30(23,29)6/h12,18-20,22-25,32-34H,8-11,13-17H2,1-7H3. The van der Waals surface area contributed by atoms with Gasteiger partial charge in [-0.05, 0) is 97.2 Å². The Labute approximate surface area is 218 Å². The number of ether oxygens (including phenoxy) is 1. The van der Waals surface area contributed by atoms with Crippen LogP contribution in [0.5, 0.6) is 0 Å². The summed E-state index contributed by atoms with van der Waals surface area (Å²) >= 11 is 0. The molecule has 0 spiro atoms. The molecule has 0 aromatic carbocycles. The van der Waals surface area contributed by atoms with E-state index in [9.17, 15) is 20.1 Å². The van der Waals surface area contributed by atoms with Crippen LogP contribution in [-0.2, 0) is 9.53 Å². The van der Waals surface area contributed by atoms with Crippen LogP contribution in [0.1, 0.15) is 92.9 Å². The number of esters is 1. The van der Waals surface area contributed by atoms with Crippen molar-refractivity contribution in [1.29, 1.82) is 0 Å². The van der Waals surface area contributed by atoms with Gasteiger partial charge in [-0.2, -0.15) is 0 Å². The first-order chi connectivity index (χ1) is 16.8. The van der Waals surface area contributed by atoms with Gasteiger partial charge in [-0.1, -0.05) is 53.2 Å². The van der Waals surface area contributed by atoms with E-state index in [-0.39, 0.29) is 41.7 Å². The number of aliphatic hydroxyl groups is 3. The number of allylic oxidation sites excluding steroid dienone is 1. The van der Waals surface area contributed by atoms with Crippen LogP contribution in [0.4, 0.5) is 0 Å². The third-order valence-corrected chi connectivity index (χ3v) is 13.5. The molecule has 0 aromatic heterocycles. The molecule has 5 aliphatic carbocycles. The van der Waals surface area contributed by atoms with Crippen LogP contribution in [0.2, 0.25) is 0 Å². The Bertz CT molecular complexity index is 943. The molecule has 5 nitrogen and oxygen atoms in total. The lowest BCUT2D eigenvalue weighted by Gasteiger charge is -2.69. The maximum Gasteiger partial charge on any atom is 0.316 e. The van der Waals surface area contributed by atoms with E-state index in [1.165, 1.54) is 26.4 Å². The molecule has 11 atom stereocenters. The number of methoxy groups -OCH3 is 1. The summed E-state index contributed by atoms with van der Waals surface area (Å²) in [5.74, 6) is 1.82. The Morgan fingerprint density at radius 3 is 2.31 bits per heavy atom. The van der Waals surface area contributed by atoms with E-state index in [0.717, 1.165) is 37.2 Å². The highest BCUT2D eigenvalue weighted by molar-refractivity contribution is 5.82. The Morgan fingerprint density at radius 1 is 1.03 bits per heavy atom. The third kappa shape index (κ3) is 2.97. The zero-order valence-electron chi connectivity index (χ0n) is 23.6. The molecule has 11 unspecified atom stereocenters. The van der Waals surface area contributed by atoms with Crippen molar-refractivity contribution in [3.63, 3.8) is 0 Å². The minimum atomic E-state index is -1.07. The molecule has 4 saturated carbocycles. The van der Waals surface area contributed by atoms with Gasteiger partial charge < -0.3 is 20.1 Å². The number of carbonyl (C=O) groups excluding carboxylic acids is 1. The second-order valence-electron chi connectivity index (χ2n) is 14.7. The summed E-state index contributed by atoms with van der Waals surface area (Å²) in [4.78, 5) is 13.8. The Morgan fingerprint density at radius 2 is 1.69 bits per heavy atom. The highest BCUT2D eigenvalue weighted by Gasteiger charge is 2.72. The molecule has 5 aliphatic rings. The minimum Gasteiger partial charge on any atom is -0.468 e. The van der Waals surface area contributed by atoms with Crippen LogP contribution in [-0.4, -0.2) is 47.2 Å². The van der Waals surface area contributed by atoms with Crippen molar-refractivity contribution in [1.82, 2.24) is 0 Å². The fourth-order valence-corrected chi connectivity index (χ4v) is 11.4. The van der Waals surface area contributed by atoms with Crippen LogP contribution in [0.3, 0.4) is 0 Å². The van der Waals surface area contributed by atoms with E-state index >= 15 is 0 Å². The number of hydrogen-bond acceptors (Lipinski definition) is 5. The van der Waals surface area contributed by atoms with E-state index in [0.29, 0.717) is 17.3 Å². The second kappa shape index (κ2) is 8.29. The summed E-state index contributed by atoms with van der Waals surface area (Å²) in [5.41, 5.74) is -0.218. The predicted molar refractivity (Wildman–Crippen MR) is 140 cm³/mol. The monoisotopic (exact) mass is 502 g/mol. The van der Waals surface area contributed by atoms with Crippen LogP contribution in [0.25, 0.3) is 0 Å². The lowest BCUT2D eigenvalue weighted by atomic mass is 9.35. The van der Waals surface area contributed by atoms with Crippen molar-refractivity contribution in [2.24, 2.45) is 56.7 Å². The lowest BCUT2D eigenvalue weighted by molar-refractivity contribution is -0.214. The highest BCUT2D eigenvalue weighted by Crippen LogP contribution is 2.76. The topological polar surface area (TPSA) is 87.0 Å². The summed E-state index contributed by atoms with van der Waals surface area (Å²) in [6, 6.07) is 0. The quantitative estimate of drug-likeness (QED) is 0.368. The Hall–Kier alpha value is -0.910. The molecule has 0 aromatic rings. The van der Waals surface area contributed by atoms with Crippen molar-refractivity contribution >= 4 is 5.97 Å². The number of rotatable bonds is 3. The average molecular weight is 503 g/mol. The normalized spacial score (nSPS) is 54.1. The molecule has 4 fully saturated rings. The van der Waals surface area contributed by atoms with E-state index in [1.54, 1.807) is 0 Å². The van der Waals surface area contributed by atoms with E-state index in [1.807, 2.05) is 6.92 Å². The van der Waals surface area contributed by atoms with Gasteiger partial charge in [-0.25, -0.2) is 0 Å². The average Bonchev–Trinajstić information content (AvgIpc) is 3.21. The van der Waals surface area contributed by atoms with Crippen LogP contribution in [0, 0.1) is 56.7 Å². The molecule has 0 aliphatic heterocycles. The number of aliphatic hydroxyl groups excluding tert-OH is 3. The van der Waals surface area contributed by atoms with Crippen molar-refractivity contribution in [3.05, 3.63) is 11.6 Å². The van der Waals surface area contributed by atoms with E-state index in [4.69, 9.17) is 4.74 Å². The summed E-state index contributed by atoms with van der Waals surface area (Å²) in [6.07, 6.45) is 8.06. The van der Waals surface area contributed by atoms with Crippen LogP contribution >= 0.6 is 0 Å². The third-order valence-electron chi connectivity index (χ3n) is 13.5. The van der Waals surface area contributed by atoms with Gasteiger partial charge in [0.1, 0.15) is 0 Å². The molecular weight excluding hydrogens is 452 g/mol. The molecule has 5 heteroatoms. The molecule has 0 saturated heterocycles. The molecule has 0 radical (unpaired) electrons. The van der Waals surface area contributed by atoms with E-state index in [2.05, 4.69) is 40.7 Å². The summed E-state index contributed by atoms with van der Waals surface area (Å²) in [6.45, 7) is 14.0. The zero-order chi connectivity index (χ0) is 26.5. The first-order valence-corrected chi connectivity index (χ1v) is 14.5. The first-order valence-electron chi connectivity index (χ1n) is 14.5. The van der Waals surface area contributed by atoms with Crippen LogP contribution in [0.15, 0.2) is 11.6 Å². The minimum absolute atomic E-state index is 0.0652. The Balaban J connectivity index is 1.64. The van der Waals surface area contributed by atoms with Crippen molar-refractivity contribution in [2.45, 2.75) is 105 Å². The van der Waals surface area contributed by atoms with Gasteiger partial charge in [0, 0.05) is 5.41 Å². The Kier molecular flexibility index (Phi) is 6.15. The maximum absolute atomic E-state index is 13.8. The number of fused-ring (bicyclic) bond motifs is 7. The second-order valence-corrected chi connectivity index (χ2v) is 14.7. The molecule has 5 rings (SSSR count). The van der Waals surface area contributed by atoms with Crippen LogP contribution < -0.4 is 0 Å². The molecule has 3 N–H and O–H groups in total. The fourth-order valence-electron chi connectivity index (χ4n) is 11.4. The smallest absolute Gasteiger partial charge is 0.316 e. The highest BCUT2D eigenvalue weighted by atomic mass is 16.5. The lowest BCUT2D eigenvalue weighted by Crippen LogP contribution is -2.67. The number of carbonyl (C=O) groups is 1. The predicted octanol–water partition coefficient (Wildman–Crippen LogP) is 5.12. The van der Waals surface area contributed by atoms with Gasteiger partial charge in [0.25, 0.3) is 0 Å². The van der Waals surface area contributed by atoms with Gasteiger partial charge >= 0.3 is 5.97 Å². The van der Waals surface area contributed by atoms with Gasteiger partial charge in [-0.15, -0.1) is 0 Å². The zero-order valence-corrected chi connectivity index (χ0v) is 23.6. The van der Waals surface area contributed by atoms with E-state index < -0.39 is 23.0 Å². The molecule has 0 amide bonds. The SMILES string of the molecule is COC(=O)C12CC(O)C(O)C(C)(CO)C1CCC1C2=CCC2(C)C3CCC(C(C)C)C3(C)CCC12C. The van der Waals surface area contributed by atoms with Gasteiger partial charge in [0.2, 0.25) is 0 Å². The molecule has 0 heterocycles. The van der Waals surface area contributed by atoms with Crippen molar-refractivity contribution in [3.8, 4) is 0 Å². The largest absolute Gasteiger partial charge is 0.468 e.